The molecule has 4 N–H and O–H groups in total. The largest absolute Gasteiger partial charge is 0.322 e. The van der Waals surface area contributed by atoms with E-state index in [-0.39, 0.29) is 0 Å². The molecule has 0 spiro atoms. The van der Waals surface area contributed by atoms with Gasteiger partial charge in [0.15, 0.2) is 0 Å². The summed E-state index contributed by atoms with van der Waals surface area (Å²) in [5, 5.41) is 7.29. The van der Waals surface area contributed by atoms with Gasteiger partial charge < -0.3 is 5.32 Å². The molecule has 1 heterocycles. The van der Waals surface area contributed by atoms with Crippen LogP contribution < -0.4 is 16.6 Å². The minimum Gasteiger partial charge on any atom is -0.322 e. The van der Waals surface area contributed by atoms with E-state index in [0.29, 0.717) is 5.96 Å². The summed E-state index contributed by atoms with van der Waals surface area (Å²) in [5.41, 5.74) is 4.35. The van der Waals surface area contributed by atoms with Crippen molar-refractivity contribution in [2.45, 2.75) is 20.3 Å². The Hall–Kier alpha value is -1.56. The molecule has 1 aromatic heterocycles. The first-order valence-corrected chi connectivity index (χ1v) is 4.95. The minimum atomic E-state index is 0.563. The first kappa shape index (κ1) is 11.5. The topological polar surface area (TPSA) is 80.3 Å². The summed E-state index contributed by atoms with van der Waals surface area (Å²) in [6.45, 7) is 4.73. The van der Waals surface area contributed by atoms with Gasteiger partial charge in [-0.15, -0.1) is 0 Å². The summed E-state index contributed by atoms with van der Waals surface area (Å²) in [4.78, 5) is 4.24. The molecule has 1 aromatic rings. The standard InChI is InChI=1S/C9H18N6/c1-4-5-11-9(13-10)12-8-6-15(3)14-7(8)2/h6H,4-5,10H2,1-3H3,(H2,11,12,13). The van der Waals surface area contributed by atoms with Gasteiger partial charge in [-0.25, -0.2) is 5.84 Å². The summed E-state index contributed by atoms with van der Waals surface area (Å²) in [6, 6.07) is 0. The van der Waals surface area contributed by atoms with Crippen molar-refractivity contribution < 1.29 is 0 Å². The number of nitrogens with one attached hydrogen (secondary N) is 2. The lowest BCUT2D eigenvalue weighted by atomic mass is 10.4. The quantitative estimate of drug-likeness (QED) is 0.291. The van der Waals surface area contributed by atoms with Crippen LogP contribution in [0.2, 0.25) is 0 Å². The molecule has 0 bridgehead atoms. The lowest BCUT2D eigenvalue weighted by Crippen LogP contribution is -2.36. The van der Waals surface area contributed by atoms with Gasteiger partial charge in [0.05, 0.1) is 11.4 Å². The third kappa shape index (κ3) is 3.25. The zero-order valence-electron chi connectivity index (χ0n) is 9.41. The van der Waals surface area contributed by atoms with E-state index in [1.165, 1.54) is 0 Å². The van der Waals surface area contributed by atoms with E-state index in [1.807, 2.05) is 20.2 Å². The van der Waals surface area contributed by atoms with Gasteiger partial charge in [0.25, 0.3) is 0 Å². The Balaban J connectivity index is 2.70. The first-order chi connectivity index (χ1) is 7.17. The van der Waals surface area contributed by atoms with E-state index in [2.05, 4.69) is 27.8 Å². The Kier molecular flexibility index (Phi) is 4.11. The molecule has 6 heteroatoms. The van der Waals surface area contributed by atoms with Crippen LogP contribution in [0.4, 0.5) is 5.69 Å². The Labute approximate surface area is 89.5 Å². The van der Waals surface area contributed by atoms with Crippen molar-refractivity contribution >= 4 is 11.6 Å². The minimum absolute atomic E-state index is 0.563. The van der Waals surface area contributed by atoms with E-state index >= 15 is 0 Å². The van der Waals surface area contributed by atoms with Gasteiger partial charge in [0.2, 0.25) is 5.96 Å². The van der Waals surface area contributed by atoms with E-state index in [4.69, 9.17) is 5.84 Å². The van der Waals surface area contributed by atoms with Crippen molar-refractivity contribution in [2.24, 2.45) is 17.9 Å². The summed E-state index contributed by atoms with van der Waals surface area (Å²) >= 11 is 0. The number of hydrogen-bond acceptors (Lipinski definition) is 3. The number of rotatable bonds is 3. The fraction of sp³-hybridized carbons (Fsp3) is 0.556. The molecule has 0 aromatic carbocycles. The van der Waals surface area contributed by atoms with Crippen LogP contribution in [0.1, 0.15) is 19.0 Å². The molecule has 0 saturated carbocycles. The van der Waals surface area contributed by atoms with Gasteiger partial charge >= 0.3 is 0 Å². The van der Waals surface area contributed by atoms with Crippen LogP contribution >= 0.6 is 0 Å². The molecule has 0 atom stereocenters. The van der Waals surface area contributed by atoms with Crippen LogP contribution in [-0.2, 0) is 7.05 Å². The molecule has 0 aliphatic rings. The molecule has 0 unspecified atom stereocenters. The summed E-state index contributed by atoms with van der Waals surface area (Å²) in [6.07, 6.45) is 2.87. The highest BCUT2D eigenvalue weighted by atomic mass is 15.3. The Morgan fingerprint density at radius 3 is 2.87 bits per heavy atom. The Bertz CT molecular complexity index is 340. The maximum atomic E-state index is 5.35. The van der Waals surface area contributed by atoms with E-state index < -0.39 is 0 Å². The Morgan fingerprint density at radius 1 is 1.67 bits per heavy atom. The maximum Gasteiger partial charge on any atom is 0.210 e. The number of nitrogens with two attached hydrogens (primary N) is 1. The molecule has 0 aliphatic carbocycles. The van der Waals surface area contributed by atoms with Crippen LogP contribution in [0, 0.1) is 6.92 Å². The molecule has 15 heavy (non-hydrogen) atoms. The van der Waals surface area contributed by atoms with Gasteiger partial charge in [0.1, 0.15) is 0 Å². The summed E-state index contributed by atoms with van der Waals surface area (Å²) in [7, 11) is 1.87. The Morgan fingerprint density at radius 2 is 2.40 bits per heavy atom. The third-order valence-corrected chi connectivity index (χ3v) is 1.90. The number of hydrogen-bond donors (Lipinski definition) is 3. The number of aryl methyl sites for hydroxylation is 2. The zero-order chi connectivity index (χ0) is 11.3. The van der Waals surface area contributed by atoms with E-state index in [1.54, 1.807) is 4.68 Å². The van der Waals surface area contributed by atoms with Crippen molar-refractivity contribution in [1.82, 2.24) is 15.2 Å². The van der Waals surface area contributed by atoms with Crippen molar-refractivity contribution in [3.05, 3.63) is 11.9 Å². The number of aromatic nitrogens is 2. The first-order valence-electron chi connectivity index (χ1n) is 4.95. The van der Waals surface area contributed by atoms with Crippen LogP contribution in [-0.4, -0.2) is 22.3 Å². The average molecular weight is 210 g/mol. The second-order valence-corrected chi connectivity index (χ2v) is 3.30. The van der Waals surface area contributed by atoms with Crippen LogP contribution in [0.25, 0.3) is 0 Å². The molecular weight excluding hydrogens is 192 g/mol. The van der Waals surface area contributed by atoms with Gasteiger partial charge in [-0.2, -0.15) is 5.10 Å². The van der Waals surface area contributed by atoms with Crippen LogP contribution in [0.5, 0.6) is 0 Å². The normalized spacial score (nSPS) is 11.6. The number of hydrazine groups is 1. The van der Waals surface area contributed by atoms with Crippen LogP contribution in [0.3, 0.4) is 0 Å². The molecule has 1 rings (SSSR count). The lowest BCUT2D eigenvalue weighted by molar-refractivity contribution is 0.756. The second-order valence-electron chi connectivity index (χ2n) is 3.30. The lowest BCUT2D eigenvalue weighted by Gasteiger charge is -2.07. The van der Waals surface area contributed by atoms with Gasteiger partial charge in [-0.1, -0.05) is 6.92 Å². The number of nitrogens with zero attached hydrogens (tertiary/aromatic N) is 3. The predicted octanol–water partition coefficient (Wildman–Crippen LogP) is 0.370. The monoisotopic (exact) mass is 210 g/mol. The van der Waals surface area contributed by atoms with E-state index in [9.17, 15) is 0 Å². The molecule has 0 radical (unpaired) electrons. The highest BCUT2D eigenvalue weighted by Crippen LogP contribution is 2.10. The van der Waals surface area contributed by atoms with Crippen molar-refractivity contribution in [3.8, 4) is 0 Å². The van der Waals surface area contributed by atoms with Gasteiger partial charge in [0, 0.05) is 19.8 Å². The van der Waals surface area contributed by atoms with Gasteiger partial charge in [-0.05, 0) is 13.3 Å². The maximum absolute atomic E-state index is 5.35. The molecule has 6 nitrogen and oxygen atoms in total. The summed E-state index contributed by atoms with van der Waals surface area (Å²) in [5.74, 6) is 5.91. The van der Waals surface area contributed by atoms with Crippen molar-refractivity contribution in [2.75, 3.05) is 11.9 Å². The van der Waals surface area contributed by atoms with Crippen molar-refractivity contribution in [3.63, 3.8) is 0 Å². The SMILES string of the molecule is CCCN=C(NN)Nc1cn(C)nc1C. The third-order valence-electron chi connectivity index (χ3n) is 1.90. The predicted molar refractivity (Wildman–Crippen MR) is 61.5 cm³/mol. The second kappa shape index (κ2) is 5.35. The zero-order valence-corrected chi connectivity index (χ0v) is 9.41. The molecule has 84 valence electrons. The molecule has 0 fully saturated rings. The number of guanidine groups is 1. The van der Waals surface area contributed by atoms with Crippen molar-refractivity contribution in [1.29, 1.82) is 0 Å². The molecule has 0 aliphatic heterocycles. The van der Waals surface area contributed by atoms with E-state index in [0.717, 1.165) is 24.3 Å². The molecular formula is C9H18N6. The van der Waals surface area contributed by atoms with Gasteiger partial charge in [-0.3, -0.25) is 15.1 Å². The summed E-state index contributed by atoms with van der Waals surface area (Å²) < 4.78 is 1.74. The number of anilines is 1. The highest BCUT2D eigenvalue weighted by molar-refractivity contribution is 5.93. The smallest absolute Gasteiger partial charge is 0.210 e. The molecule has 0 amide bonds. The number of aliphatic imine (C=N–C) groups is 1. The fourth-order valence-corrected chi connectivity index (χ4v) is 1.19. The fourth-order valence-electron chi connectivity index (χ4n) is 1.19. The van der Waals surface area contributed by atoms with Crippen LogP contribution in [0.15, 0.2) is 11.2 Å². The molecule has 0 saturated heterocycles. The highest BCUT2D eigenvalue weighted by Gasteiger charge is 2.04. The average Bonchev–Trinajstić information content (AvgIpc) is 2.52.